The first-order chi connectivity index (χ1) is 10.3. The summed E-state index contributed by atoms with van der Waals surface area (Å²) in [5, 5.41) is 11.8. The molecular formula is C18H23O4-. The van der Waals surface area contributed by atoms with Crippen LogP contribution in [0.2, 0.25) is 0 Å². The molecule has 3 fully saturated rings. The van der Waals surface area contributed by atoms with Crippen LogP contribution in [0, 0.1) is 10.8 Å². The zero-order valence-corrected chi connectivity index (χ0v) is 13.6. The number of benzene rings is 1. The average Bonchev–Trinajstić information content (AvgIpc) is 2.80. The summed E-state index contributed by atoms with van der Waals surface area (Å²) in [6.45, 7) is 8.75. The molecule has 4 heteroatoms. The maximum absolute atomic E-state index is 11.8. The van der Waals surface area contributed by atoms with Crippen LogP contribution in [0.4, 0.5) is 0 Å². The van der Waals surface area contributed by atoms with Crippen molar-refractivity contribution in [1.29, 1.82) is 0 Å². The minimum absolute atomic E-state index is 0.0315. The van der Waals surface area contributed by atoms with Gasteiger partial charge in [-0.25, -0.2) is 4.89 Å². The van der Waals surface area contributed by atoms with E-state index in [1.165, 1.54) is 0 Å². The van der Waals surface area contributed by atoms with Gasteiger partial charge in [0.1, 0.15) is 0 Å². The summed E-state index contributed by atoms with van der Waals surface area (Å²) in [5.41, 5.74) is -0.0979. The van der Waals surface area contributed by atoms with Crippen LogP contribution in [0.5, 0.6) is 5.75 Å². The molecule has 1 aliphatic carbocycles. The highest BCUT2D eigenvalue weighted by molar-refractivity contribution is 5.38. The van der Waals surface area contributed by atoms with E-state index in [0.29, 0.717) is 0 Å². The Morgan fingerprint density at radius 1 is 1.23 bits per heavy atom. The van der Waals surface area contributed by atoms with E-state index in [1.807, 2.05) is 6.07 Å². The van der Waals surface area contributed by atoms with Gasteiger partial charge in [-0.2, -0.15) is 4.89 Å². The molecule has 0 spiro atoms. The summed E-state index contributed by atoms with van der Waals surface area (Å²) in [6, 6.07) is 6.85. The Morgan fingerprint density at radius 3 is 2.59 bits per heavy atom. The second-order valence-corrected chi connectivity index (χ2v) is 8.16. The zero-order chi connectivity index (χ0) is 15.8. The van der Waals surface area contributed by atoms with Crippen molar-refractivity contribution in [1.82, 2.24) is 0 Å². The fraction of sp³-hybridized carbons (Fsp3) is 0.667. The third kappa shape index (κ3) is 1.35. The van der Waals surface area contributed by atoms with Crippen LogP contribution in [0.3, 0.4) is 0 Å². The third-order valence-electron chi connectivity index (χ3n) is 6.00. The van der Waals surface area contributed by atoms with Gasteiger partial charge >= 0.3 is 0 Å². The van der Waals surface area contributed by atoms with Crippen LogP contribution in [0.1, 0.15) is 52.5 Å². The number of hydrogen-bond acceptors (Lipinski definition) is 4. The van der Waals surface area contributed by atoms with Crippen LogP contribution in [0.15, 0.2) is 24.3 Å². The van der Waals surface area contributed by atoms with Gasteiger partial charge in [0, 0.05) is 16.4 Å². The first-order valence-corrected chi connectivity index (χ1v) is 8.09. The fourth-order valence-electron chi connectivity index (χ4n) is 5.20. The van der Waals surface area contributed by atoms with Gasteiger partial charge in [0.15, 0.2) is 5.60 Å². The lowest BCUT2D eigenvalue weighted by Gasteiger charge is -2.61. The van der Waals surface area contributed by atoms with Crippen LogP contribution in [-0.4, -0.2) is 11.7 Å². The number of rotatable bonds is 1. The van der Waals surface area contributed by atoms with Gasteiger partial charge in [-0.3, -0.25) is 0 Å². The summed E-state index contributed by atoms with van der Waals surface area (Å²) in [5.74, 6) is -0.998. The Morgan fingerprint density at radius 2 is 2.00 bits per heavy atom. The van der Waals surface area contributed by atoms with Crippen molar-refractivity contribution in [2.24, 2.45) is 10.8 Å². The van der Waals surface area contributed by atoms with Crippen molar-refractivity contribution in [3.05, 3.63) is 29.8 Å². The minimum Gasteiger partial charge on any atom is -0.872 e. The quantitative estimate of drug-likeness (QED) is 0.747. The second-order valence-electron chi connectivity index (χ2n) is 8.16. The Balaban J connectivity index is 1.93. The van der Waals surface area contributed by atoms with Gasteiger partial charge in [0.05, 0.1) is 6.10 Å². The zero-order valence-electron chi connectivity index (χ0n) is 13.6. The fourth-order valence-corrected chi connectivity index (χ4v) is 5.20. The molecule has 4 nitrogen and oxygen atoms in total. The molecule has 2 aliphatic heterocycles. The molecule has 0 aromatic heterocycles. The topological polar surface area (TPSA) is 50.8 Å². The molecule has 22 heavy (non-hydrogen) atoms. The molecule has 0 amide bonds. The summed E-state index contributed by atoms with van der Waals surface area (Å²) >= 11 is 0. The average molecular weight is 303 g/mol. The maximum atomic E-state index is 11.8. The predicted molar refractivity (Wildman–Crippen MR) is 78.8 cm³/mol. The van der Waals surface area contributed by atoms with E-state index >= 15 is 0 Å². The minimum atomic E-state index is -0.967. The van der Waals surface area contributed by atoms with Gasteiger partial charge in [-0.15, -0.1) is 5.75 Å². The van der Waals surface area contributed by atoms with Gasteiger partial charge in [-0.05, 0) is 12.8 Å². The van der Waals surface area contributed by atoms with Gasteiger partial charge in [-0.1, -0.05) is 58.4 Å². The largest absolute Gasteiger partial charge is 0.872 e. The van der Waals surface area contributed by atoms with Crippen molar-refractivity contribution >= 4 is 0 Å². The molecule has 0 N–H and O–H groups in total. The smallest absolute Gasteiger partial charge is 0.261 e. The summed E-state index contributed by atoms with van der Waals surface area (Å²) < 4.78 is 6.46. The standard InChI is InChI=1S/C18H24O4/c1-15(2,3)18-16(4)10-6-9-14(16)20-17(18,21-22-18)12-7-5-8-13(19)11-12/h5,7-8,11,14,19H,6,9-10H2,1-4H3/p-1/t14-,16+,17+,18+/m1/s1. The summed E-state index contributed by atoms with van der Waals surface area (Å²) in [6.07, 6.45) is 3.31. The van der Waals surface area contributed by atoms with Crippen molar-refractivity contribution in [2.75, 3.05) is 0 Å². The Bertz CT molecular complexity index is 622. The Labute approximate surface area is 131 Å². The number of fused-ring (bicyclic) bond motifs is 3. The molecule has 0 radical (unpaired) electrons. The first kappa shape index (κ1) is 14.5. The van der Waals surface area contributed by atoms with Crippen molar-refractivity contribution in [3.8, 4) is 5.75 Å². The lowest BCUT2D eigenvalue weighted by atomic mass is 9.55. The van der Waals surface area contributed by atoms with Crippen LogP contribution in [-0.2, 0) is 20.3 Å². The predicted octanol–water partition coefficient (Wildman–Crippen LogP) is 3.25. The monoisotopic (exact) mass is 303 g/mol. The van der Waals surface area contributed by atoms with E-state index in [4.69, 9.17) is 14.5 Å². The van der Waals surface area contributed by atoms with E-state index in [-0.39, 0.29) is 22.7 Å². The number of hydrogen-bond donors (Lipinski definition) is 0. The van der Waals surface area contributed by atoms with E-state index in [2.05, 4.69) is 27.7 Å². The molecule has 1 aromatic carbocycles. The van der Waals surface area contributed by atoms with Gasteiger partial charge in [0.25, 0.3) is 5.79 Å². The lowest BCUT2D eigenvalue weighted by molar-refractivity contribution is -0.628. The lowest BCUT2D eigenvalue weighted by Crippen LogP contribution is -2.73. The SMILES string of the molecule is CC(C)(C)[C@@]12OO[C@]1(c1cccc([O-])c1)O[C@@H]1CCC[C@@]12C. The van der Waals surface area contributed by atoms with Gasteiger partial charge < -0.3 is 9.84 Å². The Hall–Kier alpha value is -1.10. The normalized spacial score (nSPS) is 43.5. The highest BCUT2D eigenvalue weighted by atomic mass is 17.3. The van der Waals surface area contributed by atoms with Crippen LogP contribution < -0.4 is 5.11 Å². The molecule has 1 saturated carbocycles. The molecule has 4 rings (SSSR count). The molecule has 1 aromatic rings. The molecule has 2 heterocycles. The van der Waals surface area contributed by atoms with E-state index < -0.39 is 11.4 Å². The third-order valence-corrected chi connectivity index (χ3v) is 6.00. The van der Waals surface area contributed by atoms with Crippen LogP contribution >= 0.6 is 0 Å². The molecule has 120 valence electrons. The molecular weight excluding hydrogens is 280 g/mol. The second kappa shape index (κ2) is 4.05. The molecule has 2 saturated heterocycles. The Kier molecular flexibility index (Phi) is 2.67. The van der Waals surface area contributed by atoms with E-state index in [9.17, 15) is 5.11 Å². The summed E-state index contributed by atoms with van der Waals surface area (Å²) in [4.78, 5) is 11.5. The van der Waals surface area contributed by atoms with Gasteiger partial charge in [0.2, 0.25) is 0 Å². The van der Waals surface area contributed by atoms with Crippen molar-refractivity contribution in [3.63, 3.8) is 0 Å². The first-order valence-electron chi connectivity index (χ1n) is 8.09. The molecule has 4 atom stereocenters. The van der Waals surface area contributed by atoms with E-state index in [1.54, 1.807) is 18.2 Å². The van der Waals surface area contributed by atoms with E-state index in [0.717, 1.165) is 24.8 Å². The molecule has 0 bridgehead atoms. The number of ether oxygens (including phenoxy) is 1. The van der Waals surface area contributed by atoms with Crippen LogP contribution in [0.25, 0.3) is 0 Å². The molecule has 0 unspecified atom stereocenters. The van der Waals surface area contributed by atoms with Crippen molar-refractivity contribution in [2.45, 2.75) is 64.4 Å². The highest BCUT2D eigenvalue weighted by Crippen LogP contribution is 2.74. The molecule has 3 aliphatic rings. The van der Waals surface area contributed by atoms with Crippen molar-refractivity contribution < 1.29 is 19.6 Å². The highest BCUT2D eigenvalue weighted by Gasteiger charge is 2.85. The summed E-state index contributed by atoms with van der Waals surface area (Å²) in [7, 11) is 0. The maximum Gasteiger partial charge on any atom is 0.261 e.